The topological polar surface area (TPSA) is 9.86 Å². The molecule has 50 heavy (non-hydrogen) atoms. The van der Waals surface area contributed by atoms with E-state index in [1.165, 1.54) is 111 Å². The normalized spacial score (nSPS) is 16.0. The summed E-state index contributed by atoms with van der Waals surface area (Å²) in [6.45, 7) is 12.0. The Morgan fingerprint density at radius 3 is 2.02 bits per heavy atom. The highest BCUT2D eigenvalue weighted by atomic mass is 15.0. The van der Waals surface area contributed by atoms with Gasteiger partial charge in [-0.3, -0.25) is 0 Å². The lowest BCUT2D eigenvalue weighted by atomic mass is 9.45. The number of aromatic nitrogens is 2. The van der Waals surface area contributed by atoms with Crippen molar-refractivity contribution in [2.24, 2.45) is 0 Å². The summed E-state index contributed by atoms with van der Waals surface area (Å²) in [5.41, 5.74) is 24.5. The minimum Gasteiger partial charge on any atom is -0.378 e. The fraction of sp³-hybridized carbons (Fsp3) is 0.149. The zero-order valence-electron chi connectivity index (χ0n) is 29.0. The average molecular weight is 639 g/mol. The summed E-state index contributed by atoms with van der Waals surface area (Å²) in [5.74, 6) is 0. The van der Waals surface area contributed by atoms with Crippen LogP contribution in [0.15, 0.2) is 121 Å². The molecule has 2 aliphatic carbocycles. The van der Waals surface area contributed by atoms with Gasteiger partial charge in [-0.25, -0.2) is 0 Å². The third-order valence-corrected chi connectivity index (χ3v) is 13.0. The number of benzene rings is 6. The van der Waals surface area contributed by atoms with Crippen LogP contribution < -0.4 is 10.9 Å². The van der Waals surface area contributed by atoms with Gasteiger partial charge in [0.1, 0.15) is 0 Å². The number of rotatable bonds is 1. The maximum absolute atomic E-state index is 2.79. The molecule has 3 heteroatoms. The van der Waals surface area contributed by atoms with Gasteiger partial charge >= 0.3 is 6.85 Å². The van der Waals surface area contributed by atoms with E-state index in [2.05, 4.69) is 165 Å². The molecule has 0 saturated carbocycles. The van der Waals surface area contributed by atoms with Gasteiger partial charge in [0, 0.05) is 55.2 Å². The van der Waals surface area contributed by atoms with Crippen LogP contribution in [0.25, 0.3) is 72.1 Å². The van der Waals surface area contributed by atoms with Crippen LogP contribution in [0.1, 0.15) is 55.6 Å². The molecule has 6 aromatic carbocycles. The third-order valence-electron chi connectivity index (χ3n) is 13.0. The van der Waals surface area contributed by atoms with Crippen LogP contribution in [0.4, 0.5) is 0 Å². The van der Waals surface area contributed by atoms with Gasteiger partial charge in [0.15, 0.2) is 0 Å². The standard InChI is InChI=1S/C47H35BN2/c1-26-14-6-7-15-28(26)27-24-34-29-18-12-19-32-39-30-16-8-10-21-35(30)47(4,5)45(39)50(42(29)32)48-37-23-13-20-33-40-44(49(43(33)37)38(25-27)41(34)48)31-17-9-11-22-36(31)46(40,2)3/h6-25H,1-5H3. The van der Waals surface area contributed by atoms with Crippen molar-refractivity contribution in [3.05, 3.63) is 149 Å². The Hall–Kier alpha value is -5.54. The summed E-state index contributed by atoms with van der Waals surface area (Å²) in [4.78, 5) is 0. The van der Waals surface area contributed by atoms with E-state index in [0.29, 0.717) is 0 Å². The average Bonchev–Trinajstić information content (AvgIpc) is 3.80. The highest BCUT2D eigenvalue weighted by molar-refractivity contribution is 6.89. The van der Waals surface area contributed by atoms with Crippen molar-refractivity contribution in [1.29, 1.82) is 0 Å². The highest BCUT2D eigenvalue weighted by Gasteiger charge is 2.50. The second kappa shape index (κ2) is 8.60. The van der Waals surface area contributed by atoms with E-state index in [0.717, 1.165) is 0 Å². The van der Waals surface area contributed by atoms with Crippen molar-refractivity contribution in [2.45, 2.75) is 45.4 Å². The fourth-order valence-corrected chi connectivity index (χ4v) is 11.0. The first-order chi connectivity index (χ1) is 24.3. The lowest BCUT2D eigenvalue weighted by Gasteiger charge is -2.37. The molecular weight excluding hydrogens is 603 g/mol. The second-order valence-electron chi connectivity index (χ2n) is 16.1. The largest absolute Gasteiger partial charge is 0.378 e. The van der Waals surface area contributed by atoms with E-state index < -0.39 is 0 Å². The Bertz CT molecular complexity index is 2890. The first-order valence-electron chi connectivity index (χ1n) is 18.1. The number of para-hydroxylation sites is 2. The van der Waals surface area contributed by atoms with Crippen molar-refractivity contribution in [1.82, 2.24) is 9.05 Å². The number of hydrogen-bond acceptors (Lipinski definition) is 0. The van der Waals surface area contributed by atoms with E-state index in [4.69, 9.17) is 0 Å². The molecule has 0 amide bonds. The molecule has 0 saturated heterocycles. The van der Waals surface area contributed by atoms with Crippen LogP contribution in [0.3, 0.4) is 0 Å². The maximum atomic E-state index is 2.79. The summed E-state index contributed by atoms with van der Waals surface area (Å²) >= 11 is 0. The molecule has 12 rings (SSSR count). The Morgan fingerprint density at radius 1 is 0.560 bits per heavy atom. The Labute approximate surface area is 292 Å². The summed E-state index contributed by atoms with van der Waals surface area (Å²) in [7, 11) is 0. The van der Waals surface area contributed by atoms with Gasteiger partial charge in [-0.1, -0.05) is 137 Å². The number of aryl methyl sites for hydroxylation is 1. The van der Waals surface area contributed by atoms with Gasteiger partial charge in [-0.15, -0.1) is 0 Å². The predicted octanol–water partition coefficient (Wildman–Crippen LogP) is 10.1. The van der Waals surface area contributed by atoms with Crippen LogP contribution in [-0.4, -0.2) is 15.9 Å². The molecule has 4 heterocycles. The minimum absolute atomic E-state index is 0.0604. The molecule has 2 nitrogen and oxygen atoms in total. The summed E-state index contributed by atoms with van der Waals surface area (Å²) < 4.78 is 5.47. The summed E-state index contributed by atoms with van der Waals surface area (Å²) in [6.07, 6.45) is 0. The van der Waals surface area contributed by atoms with Gasteiger partial charge in [0.25, 0.3) is 0 Å². The molecule has 2 aliphatic heterocycles. The van der Waals surface area contributed by atoms with Gasteiger partial charge in [0.05, 0.1) is 11.2 Å². The first kappa shape index (κ1) is 27.3. The third kappa shape index (κ3) is 2.87. The Kier molecular flexibility index (Phi) is 4.70. The lowest BCUT2D eigenvalue weighted by Crippen LogP contribution is -2.56. The number of nitrogens with zero attached hydrogens (tertiary/aromatic N) is 2. The van der Waals surface area contributed by atoms with E-state index >= 15 is 0 Å². The molecule has 0 spiro atoms. The maximum Gasteiger partial charge on any atom is 0.332 e. The van der Waals surface area contributed by atoms with Gasteiger partial charge in [-0.2, -0.15) is 0 Å². The molecule has 0 atom stereocenters. The Morgan fingerprint density at radius 2 is 1.22 bits per heavy atom. The van der Waals surface area contributed by atoms with Gasteiger partial charge in [-0.05, 0) is 74.5 Å². The van der Waals surface area contributed by atoms with Crippen molar-refractivity contribution >= 4 is 39.6 Å². The zero-order chi connectivity index (χ0) is 33.4. The van der Waals surface area contributed by atoms with Gasteiger partial charge < -0.3 is 9.05 Å². The summed E-state index contributed by atoms with van der Waals surface area (Å²) in [6, 6.07) is 46.4. The Balaban J connectivity index is 1.31. The molecule has 0 unspecified atom stereocenters. The van der Waals surface area contributed by atoms with E-state index in [9.17, 15) is 0 Å². The highest BCUT2D eigenvalue weighted by Crippen LogP contribution is 2.57. The number of fused-ring (bicyclic) bond motifs is 14. The van der Waals surface area contributed by atoms with Crippen molar-refractivity contribution < 1.29 is 0 Å². The van der Waals surface area contributed by atoms with Crippen LogP contribution >= 0.6 is 0 Å². The molecule has 0 radical (unpaired) electrons. The molecule has 0 fully saturated rings. The summed E-state index contributed by atoms with van der Waals surface area (Å²) in [5, 5.41) is 2.75. The second-order valence-corrected chi connectivity index (χ2v) is 16.1. The quantitative estimate of drug-likeness (QED) is 0.158. The molecular formula is C47H35BN2. The van der Waals surface area contributed by atoms with Crippen molar-refractivity contribution in [2.75, 3.05) is 0 Å². The first-order valence-corrected chi connectivity index (χ1v) is 18.1. The monoisotopic (exact) mass is 638 g/mol. The molecule has 0 bridgehead atoms. The van der Waals surface area contributed by atoms with Crippen LogP contribution in [0, 0.1) is 6.92 Å². The molecule has 236 valence electrons. The van der Waals surface area contributed by atoms with E-state index in [-0.39, 0.29) is 17.7 Å². The number of hydrogen-bond donors (Lipinski definition) is 0. The van der Waals surface area contributed by atoms with Crippen LogP contribution in [0.2, 0.25) is 0 Å². The van der Waals surface area contributed by atoms with Gasteiger partial charge in [0.2, 0.25) is 0 Å². The fourth-order valence-electron chi connectivity index (χ4n) is 11.0. The molecule has 0 N–H and O–H groups in total. The van der Waals surface area contributed by atoms with E-state index in [1.807, 2.05) is 0 Å². The van der Waals surface area contributed by atoms with Crippen molar-refractivity contribution in [3.63, 3.8) is 0 Å². The smallest absolute Gasteiger partial charge is 0.332 e. The minimum atomic E-state index is -0.142. The van der Waals surface area contributed by atoms with Crippen LogP contribution in [-0.2, 0) is 10.8 Å². The predicted molar refractivity (Wildman–Crippen MR) is 210 cm³/mol. The van der Waals surface area contributed by atoms with E-state index in [1.54, 1.807) is 0 Å². The van der Waals surface area contributed by atoms with Crippen molar-refractivity contribution in [3.8, 4) is 50.3 Å². The zero-order valence-corrected chi connectivity index (χ0v) is 29.0. The molecule has 4 aliphatic rings. The molecule has 2 aromatic heterocycles. The SMILES string of the molecule is Cc1ccccc1-c1cc2c3c(c1)-n1c4c(c5cccc(c51)B3n1c3c(c5cccc-2c51)-c1ccccc1C3(C)C)C(C)(C)c1ccccc1-4. The molecule has 8 aromatic rings. The lowest BCUT2D eigenvalue weighted by molar-refractivity contribution is 0.632. The van der Waals surface area contributed by atoms with Crippen LogP contribution in [0.5, 0.6) is 0 Å².